The molecule has 1 rings (SSSR count). The van der Waals surface area contributed by atoms with Crippen LogP contribution in [0.25, 0.3) is 0 Å². The molecule has 5 nitrogen and oxygen atoms in total. The second-order valence-corrected chi connectivity index (χ2v) is 4.35. The molecule has 0 unspecified atom stereocenters. The van der Waals surface area contributed by atoms with Crippen molar-refractivity contribution < 1.29 is 19.4 Å². The average molecular weight is 277 g/mol. The van der Waals surface area contributed by atoms with Gasteiger partial charge in [-0.15, -0.1) is 0 Å². The fraction of sp³-hybridized carbons (Fsp3) is 0.333. The van der Waals surface area contributed by atoms with Crippen LogP contribution < -0.4 is 4.74 Å². The number of hydrogen-bond acceptors (Lipinski definition) is 3. The largest absolute Gasteiger partial charge is 0.490 e. The standard InChI is InChI=1S/C15H19NO4/c1-3-11-20-13-8-6-12(7-9-13)15(19)16(2)10-4-5-14(17)18/h3,6-9H,1,4-5,10-11H2,2H3,(H,17,18). The van der Waals surface area contributed by atoms with Gasteiger partial charge in [0.2, 0.25) is 0 Å². The summed E-state index contributed by atoms with van der Waals surface area (Å²) in [7, 11) is 1.66. The number of amides is 1. The van der Waals surface area contributed by atoms with E-state index in [9.17, 15) is 9.59 Å². The second-order valence-electron chi connectivity index (χ2n) is 4.35. The van der Waals surface area contributed by atoms with E-state index >= 15 is 0 Å². The highest BCUT2D eigenvalue weighted by Gasteiger charge is 2.11. The third-order valence-corrected chi connectivity index (χ3v) is 2.70. The molecule has 0 spiro atoms. The van der Waals surface area contributed by atoms with E-state index in [-0.39, 0.29) is 12.3 Å². The quantitative estimate of drug-likeness (QED) is 0.740. The summed E-state index contributed by atoms with van der Waals surface area (Å²) < 4.78 is 5.33. The Morgan fingerprint density at radius 2 is 2.00 bits per heavy atom. The van der Waals surface area contributed by atoms with Gasteiger partial charge in [0, 0.05) is 25.6 Å². The Morgan fingerprint density at radius 3 is 2.55 bits per heavy atom. The summed E-state index contributed by atoms with van der Waals surface area (Å²) in [5.74, 6) is -0.310. The normalized spacial score (nSPS) is 9.85. The molecule has 0 heterocycles. The number of aliphatic carboxylic acids is 1. The van der Waals surface area contributed by atoms with Crippen molar-refractivity contribution in [2.75, 3.05) is 20.2 Å². The summed E-state index contributed by atoms with van der Waals surface area (Å²) in [6.45, 7) is 4.39. The molecule has 0 aliphatic rings. The number of carbonyl (C=O) groups is 2. The number of carbonyl (C=O) groups excluding carboxylic acids is 1. The van der Waals surface area contributed by atoms with Crippen molar-refractivity contribution in [1.82, 2.24) is 4.90 Å². The third-order valence-electron chi connectivity index (χ3n) is 2.70. The van der Waals surface area contributed by atoms with Gasteiger partial charge < -0.3 is 14.7 Å². The van der Waals surface area contributed by atoms with Crippen LogP contribution in [0.5, 0.6) is 5.75 Å². The van der Waals surface area contributed by atoms with Crippen LogP contribution in [0.2, 0.25) is 0 Å². The van der Waals surface area contributed by atoms with E-state index in [0.29, 0.717) is 30.9 Å². The van der Waals surface area contributed by atoms with E-state index in [0.717, 1.165) is 0 Å². The van der Waals surface area contributed by atoms with Crippen LogP contribution >= 0.6 is 0 Å². The van der Waals surface area contributed by atoms with Crippen molar-refractivity contribution in [3.05, 3.63) is 42.5 Å². The summed E-state index contributed by atoms with van der Waals surface area (Å²) in [6.07, 6.45) is 2.15. The van der Waals surface area contributed by atoms with E-state index in [2.05, 4.69) is 6.58 Å². The van der Waals surface area contributed by atoms with Crippen molar-refractivity contribution in [3.8, 4) is 5.75 Å². The lowest BCUT2D eigenvalue weighted by Crippen LogP contribution is -2.28. The number of nitrogens with zero attached hydrogens (tertiary/aromatic N) is 1. The molecule has 5 heteroatoms. The fourth-order valence-corrected chi connectivity index (χ4v) is 1.64. The SMILES string of the molecule is C=CCOc1ccc(C(=O)N(C)CCCC(=O)O)cc1. The van der Waals surface area contributed by atoms with E-state index in [1.165, 1.54) is 4.90 Å². The molecular formula is C15H19NO4. The number of ether oxygens (including phenoxy) is 1. The first-order valence-electron chi connectivity index (χ1n) is 6.35. The Hall–Kier alpha value is -2.30. The molecule has 0 bridgehead atoms. The maximum Gasteiger partial charge on any atom is 0.303 e. The molecule has 1 amide bonds. The van der Waals surface area contributed by atoms with Gasteiger partial charge in [-0.2, -0.15) is 0 Å². The third kappa shape index (κ3) is 5.14. The van der Waals surface area contributed by atoms with Crippen molar-refractivity contribution in [1.29, 1.82) is 0 Å². The van der Waals surface area contributed by atoms with Crippen LogP contribution in [0.15, 0.2) is 36.9 Å². The van der Waals surface area contributed by atoms with Crippen LogP contribution in [-0.2, 0) is 4.79 Å². The van der Waals surface area contributed by atoms with Gasteiger partial charge in [-0.05, 0) is 30.7 Å². The molecule has 0 fully saturated rings. The van der Waals surface area contributed by atoms with Crippen LogP contribution in [-0.4, -0.2) is 42.1 Å². The van der Waals surface area contributed by atoms with E-state index < -0.39 is 5.97 Å². The number of benzene rings is 1. The predicted molar refractivity (Wildman–Crippen MR) is 76.0 cm³/mol. The van der Waals surface area contributed by atoms with Gasteiger partial charge in [-0.1, -0.05) is 12.7 Å². The summed E-state index contributed by atoms with van der Waals surface area (Å²) >= 11 is 0. The van der Waals surface area contributed by atoms with E-state index in [4.69, 9.17) is 9.84 Å². The molecule has 1 aromatic carbocycles. The Labute approximate surface area is 118 Å². The van der Waals surface area contributed by atoms with E-state index in [1.807, 2.05) is 0 Å². The first kappa shape index (κ1) is 15.8. The Morgan fingerprint density at radius 1 is 1.35 bits per heavy atom. The fourth-order valence-electron chi connectivity index (χ4n) is 1.64. The molecule has 0 radical (unpaired) electrons. The number of carboxylic acids is 1. The minimum atomic E-state index is -0.852. The molecule has 1 aromatic rings. The molecule has 0 atom stereocenters. The van der Waals surface area contributed by atoms with Crippen molar-refractivity contribution in [3.63, 3.8) is 0 Å². The lowest BCUT2D eigenvalue weighted by molar-refractivity contribution is -0.137. The predicted octanol–water partition coefficient (Wildman–Crippen LogP) is 2.19. The zero-order chi connectivity index (χ0) is 15.0. The maximum absolute atomic E-state index is 12.1. The van der Waals surface area contributed by atoms with Gasteiger partial charge in [-0.3, -0.25) is 9.59 Å². The topological polar surface area (TPSA) is 66.8 Å². The lowest BCUT2D eigenvalue weighted by atomic mass is 10.2. The van der Waals surface area contributed by atoms with Crippen molar-refractivity contribution in [2.45, 2.75) is 12.8 Å². The Bertz CT molecular complexity index is 467. The Kier molecular flexibility index (Phi) is 6.29. The summed E-state index contributed by atoms with van der Waals surface area (Å²) in [4.78, 5) is 24.0. The van der Waals surface area contributed by atoms with Gasteiger partial charge in [-0.25, -0.2) is 0 Å². The smallest absolute Gasteiger partial charge is 0.303 e. The minimum absolute atomic E-state index is 0.0615. The molecule has 0 saturated carbocycles. The van der Waals surface area contributed by atoms with E-state index in [1.54, 1.807) is 37.4 Å². The van der Waals surface area contributed by atoms with Gasteiger partial charge in [0.05, 0.1) is 0 Å². The number of hydrogen-bond donors (Lipinski definition) is 1. The van der Waals surface area contributed by atoms with Gasteiger partial charge in [0.15, 0.2) is 0 Å². The summed E-state index contributed by atoms with van der Waals surface area (Å²) in [5, 5.41) is 8.56. The summed E-state index contributed by atoms with van der Waals surface area (Å²) in [5.41, 5.74) is 0.550. The first-order chi connectivity index (χ1) is 9.54. The maximum atomic E-state index is 12.1. The van der Waals surface area contributed by atoms with Crippen LogP contribution in [0.1, 0.15) is 23.2 Å². The van der Waals surface area contributed by atoms with Crippen molar-refractivity contribution >= 4 is 11.9 Å². The van der Waals surface area contributed by atoms with Crippen LogP contribution in [0.4, 0.5) is 0 Å². The highest BCUT2D eigenvalue weighted by Crippen LogP contribution is 2.13. The Balaban J connectivity index is 2.53. The number of rotatable bonds is 8. The molecule has 0 aliphatic carbocycles. The number of carboxylic acid groups (broad SMARTS) is 1. The van der Waals surface area contributed by atoms with Gasteiger partial charge in [0.25, 0.3) is 5.91 Å². The second kappa shape index (κ2) is 7.99. The summed E-state index contributed by atoms with van der Waals surface area (Å²) in [6, 6.07) is 6.83. The molecule has 0 aromatic heterocycles. The zero-order valence-corrected chi connectivity index (χ0v) is 11.5. The molecular weight excluding hydrogens is 258 g/mol. The molecule has 20 heavy (non-hydrogen) atoms. The molecule has 1 N–H and O–H groups in total. The minimum Gasteiger partial charge on any atom is -0.490 e. The highest BCUT2D eigenvalue weighted by molar-refractivity contribution is 5.94. The monoisotopic (exact) mass is 277 g/mol. The highest BCUT2D eigenvalue weighted by atomic mass is 16.5. The zero-order valence-electron chi connectivity index (χ0n) is 11.5. The molecule has 0 aliphatic heterocycles. The average Bonchev–Trinajstić information content (AvgIpc) is 2.44. The lowest BCUT2D eigenvalue weighted by Gasteiger charge is -2.16. The molecule has 0 saturated heterocycles. The van der Waals surface area contributed by atoms with Crippen molar-refractivity contribution in [2.24, 2.45) is 0 Å². The van der Waals surface area contributed by atoms with Gasteiger partial charge in [0.1, 0.15) is 12.4 Å². The first-order valence-corrected chi connectivity index (χ1v) is 6.35. The van der Waals surface area contributed by atoms with Crippen LogP contribution in [0.3, 0.4) is 0 Å². The molecule has 108 valence electrons. The van der Waals surface area contributed by atoms with Crippen LogP contribution in [0, 0.1) is 0 Å². The van der Waals surface area contributed by atoms with Gasteiger partial charge >= 0.3 is 5.97 Å².